The van der Waals surface area contributed by atoms with Crippen molar-refractivity contribution >= 4 is 29.8 Å². The smallest absolute Gasteiger partial charge is 0.444 e. The number of carbonyl (C=O) groups excluding carboxylic acids is 3. The lowest BCUT2D eigenvalue weighted by atomic mass is 9.98. The average Bonchev–Trinajstić information content (AvgIpc) is 3.19. The third-order valence-electron chi connectivity index (χ3n) is 10.8. The fraction of sp³-hybridized carbons (Fsp3) is 0.674. The molecule has 1 N–H and O–H groups in total. The summed E-state index contributed by atoms with van der Waals surface area (Å²) in [5.41, 5.74) is -0.154. The van der Waals surface area contributed by atoms with Crippen LogP contribution in [-0.2, 0) is 25.5 Å². The highest BCUT2D eigenvalue weighted by molar-refractivity contribution is 5.81. The van der Waals surface area contributed by atoms with Crippen molar-refractivity contribution in [3.05, 3.63) is 47.5 Å². The van der Waals surface area contributed by atoms with E-state index in [9.17, 15) is 40.7 Å². The first-order valence-corrected chi connectivity index (χ1v) is 22.3. The summed E-state index contributed by atoms with van der Waals surface area (Å²) in [7, 11) is 0. The molecule has 4 saturated heterocycles. The largest absolute Gasteiger partial charge is 0.573 e. The van der Waals surface area contributed by atoms with E-state index in [1.807, 2.05) is 90.0 Å². The molecule has 2 aromatic carbocycles. The molecule has 2 amide bonds. The Bertz CT molecular complexity index is 1940. The van der Waals surface area contributed by atoms with Gasteiger partial charge in [0.15, 0.2) is 6.29 Å². The Morgan fingerprint density at radius 1 is 0.657 bits per heavy atom. The lowest BCUT2D eigenvalue weighted by molar-refractivity contribution is -0.275. The zero-order chi connectivity index (χ0) is 50.0. The summed E-state index contributed by atoms with van der Waals surface area (Å²) in [5, 5.41) is 3.27. The summed E-state index contributed by atoms with van der Waals surface area (Å²) in [5.74, 6) is -0.676. The van der Waals surface area contributed by atoms with E-state index in [4.69, 9.17) is 18.9 Å². The summed E-state index contributed by atoms with van der Waals surface area (Å²) < 4.78 is 106. The van der Waals surface area contributed by atoms with E-state index >= 15 is 0 Å². The Morgan fingerprint density at radius 2 is 1.12 bits per heavy atom. The van der Waals surface area contributed by atoms with Gasteiger partial charge >= 0.3 is 24.9 Å². The predicted octanol–water partition coefficient (Wildman–Crippen LogP) is 8.09. The number of halogens is 6. The van der Waals surface area contributed by atoms with E-state index in [0.29, 0.717) is 102 Å². The number of nitrogens with zero attached hydrogens (tertiary/aromatic N) is 5. The van der Waals surface area contributed by atoms with Crippen molar-refractivity contribution < 1.29 is 69.1 Å². The minimum absolute atomic E-state index is 0.130. The molecule has 0 unspecified atom stereocenters. The maximum Gasteiger partial charge on any atom is 0.573 e. The lowest BCUT2D eigenvalue weighted by Gasteiger charge is -2.47. The molecule has 2 aromatic rings. The molecule has 4 fully saturated rings. The van der Waals surface area contributed by atoms with Gasteiger partial charge in [0.2, 0.25) is 0 Å². The quantitative estimate of drug-likeness (QED) is 0.212. The number of rotatable bonds is 7. The minimum Gasteiger partial charge on any atom is -0.444 e. The van der Waals surface area contributed by atoms with Gasteiger partial charge in [0.25, 0.3) is 0 Å². The van der Waals surface area contributed by atoms with Crippen LogP contribution in [0.4, 0.5) is 47.3 Å². The SMILES string of the molecule is CC(C)(C)OC(=O)N1CCN(Cc2ccc(N3CCOCC3)cc2OC(F)(F)F)CC1(C)C.CC(C)(C)OC(=O)N1CCNCC1(C)C.O=Cc1ccc(N2CCOCC2)cc1OC(F)(F)F. The van der Waals surface area contributed by atoms with Gasteiger partial charge in [0.05, 0.1) is 43.1 Å². The molecule has 0 saturated carbocycles. The van der Waals surface area contributed by atoms with Crippen molar-refractivity contribution in [2.24, 2.45) is 0 Å². The first kappa shape index (κ1) is 54.9. The molecule has 0 spiro atoms. The number of hydrogen-bond donors (Lipinski definition) is 1. The van der Waals surface area contributed by atoms with Crippen molar-refractivity contribution in [2.45, 2.75) is 111 Å². The average molecular weight is 963 g/mol. The molecule has 6 rings (SSSR count). The molecule has 0 aliphatic carbocycles. The van der Waals surface area contributed by atoms with E-state index < -0.39 is 35.2 Å². The molecule has 0 aromatic heterocycles. The summed E-state index contributed by atoms with van der Waals surface area (Å²) in [4.78, 5) is 44.6. The fourth-order valence-corrected chi connectivity index (χ4v) is 7.69. The first-order valence-electron chi connectivity index (χ1n) is 22.3. The molecule has 0 radical (unpaired) electrons. The van der Waals surface area contributed by atoms with Crippen LogP contribution in [0, 0.1) is 0 Å². The topological polar surface area (TPSA) is 135 Å². The highest BCUT2D eigenvalue weighted by Gasteiger charge is 2.40. The van der Waals surface area contributed by atoms with E-state index in [1.54, 1.807) is 21.9 Å². The van der Waals surface area contributed by atoms with Crippen LogP contribution in [0.25, 0.3) is 0 Å². The number of aldehydes is 1. The Balaban J connectivity index is 0.000000243. The molecule has 378 valence electrons. The van der Waals surface area contributed by atoms with Crippen LogP contribution in [0.15, 0.2) is 36.4 Å². The normalized spacial score (nSPS) is 19.2. The monoisotopic (exact) mass is 962 g/mol. The second kappa shape index (κ2) is 22.6. The fourth-order valence-electron chi connectivity index (χ4n) is 7.69. The van der Waals surface area contributed by atoms with Gasteiger partial charge < -0.3 is 53.3 Å². The molecular weight excluding hydrogens is 895 g/mol. The Hall–Kier alpha value is -4.73. The lowest BCUT2D eigenvalue weighted by Crippen LogP contribution is -2.61. The van der Waals surface area contributed by atoms with Gasteiger partial charge in [-0.05, 0) is 87.4 Å². The van der Waals surface area contributed by atoms with Crippen LogP contribution in [0.5, 0.6) is 11.5 Å². The van der Waals surface area contributed by atoms with Crippen LogP contribution < -0.4 is 24.6 Å². The van der Waals surface area contributed by atoms with Crippen LogP contribution in [0.3, 0.4) is 0 Å². The van der Waals surface area contributed by atoms with E-state index in [-0.39, 0.29) is 35.6 Å². The second-order valence-electron chi connectivity index (χ2n) is 19.7. The van der Waals surface area contributed by atoms with Gasteiger partial charge in [0.1, 0.15) is 22.7 Å². The Labute approximate surface area is 389 Å². The third-order valence-corrected chi connectivity index (χ3v) is 10.8. The molecule has 67 heavy (non-hydrogen) atoms. The second-order valence-corrected chi connectivity index (χ2v) is 19.7. The van der Waals surface area contributed by atoms with Crippen LogP contribution in [0.1, 0.15) is 85.2 Å². The summed E-state index contributed by atoms with van der Waals surface area (Å²) >= 11 is 0. The number of carbonyl (C=O) groups is 3. The van der Waals surface area contributed by atoms with Gasteiger partial charge in [-0.2, -0.15) is 0 Å². The van der Waals surface area contributed by atoms with E-state index in [0.717, 1.165) is 13.1 Å². The number of anilines is 2. The molecule has 21 heteroatoms. The summed E-state index contributed by atoms with van der Waals surface area (Å²) in [6.07, 6.45) is -9.87. The highest BCUT2D eigenvalue weighted by Crippen LogP contribution is 2.34. The maximum atomic E-state index is 13.1. The molecule has 4 aliphatic rings. The number of hydrogen-bond acceptors (Lipinski definition) is 13. The molecule has 15 nitrogen and oxygen atoms in total. The summed E-state index contributed by atoms with van der Waals surface area (Å²) in [6.45, 7) is 27.6. The minimum atomic E-state index is -4.82. The molecule has 4 aliphatic heterocycles. The summed E-state index contributed by atoms with van der Waals surface area (Å²) in [6, 6.07) is 9.11. The molecule has 0 atom stereocenters. The first-order chi connectivity index (χ1) is 31.0. The highest BCUT2D eigenvalue weighted by atomic mass is 19.4. The molecule has 0 bridgehead atoms. The number of ether oxygens (including phenoxy) is 6. The number of amides is 2. The van der Waals surface area contributed by atoms with Crippen molar-refractivity contribution in [1.29, 1.82) is 0 Å². The molecular formula is C46H68F6N6O9. The maximum absolute atomic E-state index is 13.1. The predicted molar refractivity (Wildman–Crippen MR) is 240 cm³/mol. The number of benzene rings is 2. The van der Waals surface area contributed by atoms with Crippen LogP contribution in [-0.4, -0.2) is 160 Å². The van der Waals surface area contributed by atoms with Gasteiger partial charge in [-0.15, -0.1) is 26.3 Å². The van der Waals surface area contributed by atoms with Crippen molar-refractivity contribution in [3.8, 4) is 11.5 Å². The van der Waals surface area contributed by atoms with Crippen LogP contribution in [0.2, 0.25) is 0 Å². The number of alkyl halides is 6. The van der Waals surface area contributed by atoms with E-state index in [1.165, 1.54) is 18.2 Å². The zero-order valence-corrected chi connectivity index (χ0v) is 40.3. The van der Waals surface area contributed by atoms with Gasteiger partial charge in [-0.3, -0.25) is 9.69 Å². The van der Waals surface area contributed by atoms with Crippen molar-refractivity contribution in [2.75, 3.05) is 102 Å². The van der Waals surface area contributed by atoms with Gasteiger partial charge in [-0.25, -0.2) is 9.59 Å². The Morgan fingerprint density at radius 3 is 1.57 bits per heavy atom. The van der Waals surface area contributed by atoms with Gasteiger partial charge in [0, 0.05) is 101 Å². The van der Waals surface area contributed by atoms with E-state index in [2.05, 4.69) is 14.8 Å². The standard InChI is InChI=1S/C23H34F3N3O4.C12H12F3NO3.C11H22N2O2/c1-21(2,3)33-20(30)29-9-8-27(16-22(29,4)5)15-17-6-7-18(28-10-12-31-13-11-28)14-19(17)32-23(24,25)26;13-12(14,15)19-11-7-10(2-1-9(11)8-17)16-3-5-18-6-4-16;1-10(2,3)15-9(14)13-7-6-12-8-11(13,4)5/h6-7,14H,8-13,15-16H2,1-5H3;1-2,7-8H,3-6H2;12H,6-8H2,1-5H3. The van der Waals surface area contributed by atoms with Crippen molar-refractivity contribution in [1.82, 2.24) is 20.0 Å². The number of morpholine rings is 2. The zero-order valence-electron chi connectivity index (χ0n) is 40.3. The Kier molecular flexibility index (Phi) is 18.5. The number of nitrogens with one attached hydrogen (secondary N) is 1. The van der Waals surface area contributed by atoms with Gasteiger partial charge in [-0.1, -0.05) is 6.07 Å². The third kappa shape index (κ3) is 18.0. The van der Waals surface area contributed by atoms with Crippen molar-refractivity contribution in [3.63, 3.8) is 0 Å². The molecule has 4 heterocycles. The van der Waals surface area contributed by atoms with Crippen LogP contribution >= 0.6 is 0 Å². The number of piperazine rings is 2.